The molecule has 3 heterocycles. The van der Waals surface area contributed by atoms with Gasteiger partial charge in [-0.3, -0.25) is 9.88 Å². The molecule has 24 heavy (non-hydrogen) atoms. The summed E-state index contributed by atoms with van der Waals surface area (Å²) >= 11 is 1.67. The lowest BCUT2D eigenvalue weighted by atomic mass is 10.1. The number of thiazole rings is 1. The molecule has 0 saturated carbocycles. The van der Waals surface area contributed by atoms with Gasteiger partial charge in [0, 0.05) is 49.0 Å². The van der Waals surface area contributed by atoms with E-state index in [9.17, 15) is 4.39 Å². The highest BCUT2D eigenvalue weighted by Gasteiger charge is 2.33. The Morgan fingerprint density at radius 3 is 2.88 bits per heavy atom. The second-order valence-electron chi connectivity index (χ2n) is 6.72. The van der Waals surface area contributed by atoms with Crippen LogP contribution >= 0.6 is 11.3 Å². The van der Waals surface area contributed by atoms with E-state index in [4.69, 9.17) is 0 Å². The van der Waals surface area contributed by atoms with Crippen molar-refractivity contribution in [2.24, 2.45) is 0 Å². The van der Waals surface area contributed by atoms with Crippen molar-refractivity contribution in [1.82, 2.24) is 19.8 Å². The monoisotopic (exact) mass is 348 g/mol. The Kier molecular flexibility index (Phi) is 5.58. The summed E-state index contributed by atoms with van der Waals surface area (Å²) < 4.78 is 14.0. The molecule has 0 amide bonds. The Labute approximate surface area is 147 Å². The quantitative estimate of drug-likeness (QED) is 0.802. The zero-order chi connectivity index (χ0) is 17.1. The van der Waals surface area contributed by atoms with Gasteiger partial charge in [-0.05, 0) is 38.9 Å². The van der Waals surface area contributed by atoms with Gasteiger partial charge in [0.25, 0.3) is 0 Å². The van der Waals surface area contributed by atoms with Crippen molar-refractivity contribution in [3.8, 4) is 0 Å². The predicted octanol–water partition coefficient (Wildman–Crippen LogP) is 3.20. The molecule has 0 bridgehead atoms. The highest BCUT2D eigenvalue weighted by atomic mass is 32.1. The average molecular weight is 348 g/mol. The van der Waals surface area contributed by atoms with E-state index in [0.29, 0.717) is 13.0 Å². The largest absolute Gasteiger partial charge is 0.300 e. The van der Waals surface area contributed by atoms with Gasteiger partial charge in [0.15, 0.2) is 0 Å². The van der Waals surface area contributed by atoms with Gasteiger partial charge in [-0.2, -0.15) is 0 Å². The molecule has 0 unspecified atom stereocenters. The molecule has 1 fully saturated rings. The highest BCUT2D eigenvalue weighted by molar-refractivity contribution is 7.09. The van der Waals surface area contributed by atoms with Gasteiger partial charge in [0.2, 0.25) is 0 Å². The van der Waals surface area contributed by atoms with E-state index in [0.717, 1.165) is 31.0 Å². The standard InChI is InChI=1S/C18H25FN4S/c1-13-15(5-4-6-20-13)8-22(3)10-17-7-16(19)9-23(17)11-18-14(2)21-12-24-18/h4-6,12,16-17H,7-11H2,1-3H3/t16-,17-/m0/s1. The molecule has 0 aliphatic carbocycles. The van der Waals surface area contributed by atoms with E-state index >= 15 is 0 Å². The molecule has 0 aromatic carbocycles. The third kappa shape index (κ3) is 4.18. The fourth-order valence-corrected chi connectivity index (χ4v) is 4.17. The van der Waals surface area contributed by atoms with E-state index in [1.807, 2.05) is 31.6 Å². The van der Waals surface area contributed by atoms with E-state index < -0.39 is 6.17 Å². The Morgan fingerprint density at radius 2 is 2.17 bits per heavy atom. The summed E-state index contributed by atoms with van der Waals surface area (Å²) in [5.74, 6) is 0. The first kappa shape index (κ1) is 17.5. The van der Waals surface area contributed by atoms with Crippen LogP contribution in [-0.4, -0.2) is 52.1 Å². The third-order valence-corrected chi connectivity index (χ3v) is 5.67. The number of pyridine rings is 1. The number of likely N-dealkylation sites (N-methyl/N-ethyl adjacent to an activating group) is 1. The number of rotatable bonds is 6. The van der Waals surface area contributed by atoms with Crippen LogP contribution in [0, 0.1) is 13.8 Å². The van der Waals surface area contributed by atoms with Crippen molar-refractivity contribution in [3.05, 3.63) is 45.7 Å². The van der Waals surface area contributed by atoms with Gasteiger partial charge in [0.05, 0.1) is 11.2 Å². The number of aryl methyl sites for hydroxylation is 2. The number of halogens is 1. The van der Waals surface area contributed by atoms with Crippen molar-refractivity contribution in [2.75, 3.05) is 20.1 Å². The summed E-state index contributed by atoms with van der Waals surface area (Å²) in [6.07, 6.45) is 1.72. The van der Waals surface area contributed by atoms with Crippen LogP contribution in [0.1, 0.15) is 28.2 Å². The van der Waals surface area contributed by atoms with Gasteiger partial charge in [-0.25, -0.2) is 9.37 Å². The van der Waals surface area contributed by atoms with E-state index in [-0.39, 0.29) is 6.04 Å². The molecular formula is C18H25FN4S. The molecule has 2 aromatic heterocycles. The van der Waals surface area contributed by atoms with Crippen molar-refractivity contribution < 1.29 is 4.39 Å². The van der Waals surface area contributed by atoms with Crippen molar-refractivity contribution in [3.63, 3.8) is 0 Å². The number of hydrogen-bond acceptors (Lipinski definition) is 5. The molecule has 2 atom stereocenters. The van der Waals surface area contributed by atoms with Crippen LogP contribution in [-0.2, 0) is 13.1 Å². The number of nitrogens with zero attached hydrogens (tertiary/aromatic N) is 4. The second-order valence-corrected chi connectivity index (χ2v) is 7.66. The Hall–Kier alpha value is -1.37. The molecule has 6 heteroatoms. The van der Waals surface area contributed by atoms with E-state index in [1.54, 1.807) is 11.3 Å². The Morgan fingerprint density at radius 1 is 1.33 bits per heavy atom. The minimum absolute atomic E-state index is 0.253. The maximum Gasteiger partial charge on any atom is 0.114 e. The summed E-state index contributed by atoms with van der Waals surface area (Å²) in [5.41, 5.74) is 5.25. The first-order valence-electron chi connectivity index (χ1n) is 8.39. The molecule has 0 spiro atoms. The van der Waals surface area contributed by atoms with Crippen molar-refractivity contribution in [1.29, 1.82) is 0 Å². The molecule has 0 N–H and O–H groups in total. The van der Waals surface area contributed by atoms with Gasteiger partial charge in [0.1, 0.15) is 6.17 Å². The molecule has 1 aliphatic rings. The van der Waals surface area contributed by atoms with Crippen molar-refractivity contribution >= 4 is 11.3 Å². The van der Waals surface area contributed by atoms with Gasteiger partial charge < -0.3 is 4.90 Å². The van der Waals surface area contributed by atoms with Crippen LogP contribution in [0.5, 0.6) is 0 Å². The zero-order valence-electron chi connectivity index (χ0n) is 14.6. The molecule has 2 aromatic rings. The SMILES string of the molecule is Cc1ncccc1CN(C)C[C@@H]1C[C@H](F)CN1Cc1scnc1C. The van der Waals surface area contributed by atoms with Crippen LogP contribution in [0.25, 0.3) is 0 Å². The van der Waals surface area contributed by atoms with Crippen LogP contribution in [0.4, 0.5) is 4.39 Å². The fraction of sp³-hybridized carbons (Fsp3) is 0.556. The number of likely N-dealkylation sites (tertiary alicyclic amines) is 1. The first-order valence-corrected chi connectivity index (χ1v) is 9.27. The van der Waals surface area contributed by atoms with Crippen LogP contribution in [0.15, 0.2) is 23.8 Å². The molecular weight excluding hydrogens is 323 g/mol. The molecule has 1 aliphatic heterocycles. The van der Waals surface area contributed by atoms with E-state index in [2.05, 4.69) is 32.9 Å². The number of alkyl halides is 1. The number of hydrogen-bond donors (Lipinski definition) is 0. The molecule has 0 radical (unpaired) electrons. The minimum atomic E-state index is -0.725. The average Bonchev–Trinajstić information content (AvgIpc) is 3.08. The lowest BCUT2D eigenvalue weighted by Gasteiger charge is -2.28. The van der Waals surface area contributed by atoms with E-state index in [1.165, 1.54) is 10.4 Å². The fourth-order valence-electron chi connectivity index (χ4n) is 3.37. The summed E-state index contributed by atoms with van der Waals surface area (Å²) in [6.45, 7) is 7.12. The maximum atomic E-state index is 14.0. The lowest BCUT2D eigenvalue weighted by molar-refractivity contribution is 0.181. The molecule has 130 valence electrons. The smallest absolute Gasteiger partial charge is 0.114 e. The van der Waals surface area contributed by atoms with Crippen LogP contribution in [0.2, 0.25) is 0 Å². The van der Waals surface area contributed by atoms with Crippen molar-refractivity contribution in [2.45, 2.75) is 45.6 Å². The van der Waals surface area contributed by atoms with Crippen LogP contribution in [0.3, 0.4) is 0 Å². The van der Waals surface area contributed by atoms with Gasteiger partial charge in [-0.15, -0.1) is 11.3 Å². The van der Waals surface area contributed by atoms with Crippen LogP contribution < -0.4 is 0 Å². The summed E-state index contributed by atoms with van der Waals surface area (Å²) in [6, 6.07) is 4.34. The Balaban J connectivity index is 1.61. The zero-order valence-corrected chi connectivity index (χ0v) is 15.4. The van der Waals surface area contributed by atoms with Gasteiger partial charge in [-0.1, -0.05) is 6.07 Å². The summed E-state index contributed by atoms with van der Waals surface area (Å²) in [5, 5.41) is 0. The molecule has 3 rings (SSSR count). The summed E-state index contributed by atoms with van der Waals surface area (Å²) in [7, 11) is 2.11. The number of aromatic nitrogens is 2. The maximum absolute atomic E-state index is 14.0. The summed E-state index contributed by atoms with van der Waals surface area (Å²) in [4.78, 5) is 14.5. The third-order valence-electron chi connectivity index (χ3n) is 4.75. The molecule has 1 saturated heterocycles. The topological polar surface area (TPSA) is 32.3 Å². The minimum Gasteiger partial charge on any atom is -0.300 e. The predicted molar refractivity (Wildman–Crippen MR) is 95.9 cm³/mol. The normalized spacial score (nSPS) is 21.7. The van der Waals surface area contributed by atoms with Gasteiger partial charge >= 0.3 is 0 Å². The lowest BCUT2D eigenvalue weighted by Crippen LogP contribution is -2.38. The highest BCUT2D eigenvalue weighted by Crippen LogP contribution is 2.26. The first-order chi connectivity index (χ1) is 11.5. The Bertz CT molecular complexity index is 675. The second kappa shape index (κ2) is 7.68. The molecule has 4 nitrogen and oxygen atoms in total.